The van der Waals surface area contributed by atoms with E-state index in [1.807, 2.05) is 29.6 Å². The number of halogens is 1. The van der Waals surface area contributed by atoms with Crippen LogP contribution in [0.4, 0.5) is 0 Å². The van der Waals surface area contributed by atoms with Crippen LogP contribution in [0.1, 0.15) is 11.3 Å². The van der Waals surface area contributed by atoms with Crippen LogP contribution in [0.3, 0.4) is 0 Å². The number of hydrogen-bond donors (Lipinski definition) is 0. The average molecular weight is 389 g/mol. The third-order valence-electron chi connectivity index (χ3n) is 2.75. The van der Waals surface area contributed by atoms with Crippen LogP contribution >= 0.6 is 0 Å². The van der Waals surface area contributed by atoms with Crippen molar-refractivity contribution in [2.24, 2.45) is 0 Å². The molecular weight excluding hydrogens is 377 g/mol. The first kappa shape index (κ1) is 17.0. The Hall–Kier alpha value is -1.38. The van der Waals surface area contributed by atoms with Gasteiger partial charge in [-0.3, -0.25) is 0 Å². The van der Waals surface area contributed by atoms with Crippen LogP contribution in [-0.2, 0) is 0 Å². The maximum Gasteiger partial charge on any atom is -0.112 e. The second kappa shape index (κ2) is 6.80. The molecule has 22 heavy (non-hydrogen) atoms. The van der Waals surface area contributed by atoms with E-state index < -0.39 is 10.2 Å². The molecule has 1 aromatic carbocycles. The summed E-state index contributed by atoms with van der Waals surface area (Å²) in [5.74, 6) is 0. The van der Waals surface area contributed by atoms with Gasteiger partial charge in [0.1, 0.15) is 0 Å². The van der Waals surface area contributed by atoms with Crippen molar-refractivity contribution in [1.29, 1.82) is 0 Å². The summed E-state index contributed by atoms with van der Waals surface area (Å²) < 4.78 is 38.1. The molecule has 0 saturated heterocycles. The Bertz CT molecular complexity index is 729. The number of fused-ring (bicyclic) bond motifs is 1. The summed E-state index contributed by atoms with van der Waals surface area (Å²) in [4.78, 5) is 4.61. The second-order valence-corrected chi connectivity index (χ2v) is 7.15. The average Bonchev–Trinajstić information content (AvgIpc) is 2.81. The van der Waals surface area contributed by atoms with Gasteiger partial charge >= 0.3 is 105 Å². The van der Waals surface area contributed by atoms with Crippen molar-refractivity contribution in [3.8, 4) is 10.1 Å². The smallest absolute Gasteiger partial charge is 0.112 e. The van der Waals surface area contributed by atoms with E-state index in [0.717, 1.165) is 14.8 Å². The molecule has 0 aliphatic carbocycles. The molecule has 0 spiro atoms. The van der Waals surface area contributed by atoms with E-state index >= 15 is 0 Å². The van der Waals surface area contributed by atoms with E-state index in [1.165, 1.54) is 11.1 Å². The first-order valence-electron chi connectivity index (χ1n) is 6.08. The molecule has 0 aliphatic rings. The number of hydrogen-bond acceptors (Lipinski definition) is 6. The first-order valence-corrected chi connectivity index (χ1v) is 9.02. The normalized spacial score (nSPS) is 11.2. The molecule has 116 valence electrons. The fourth-order valence-corrected chi connectivity index (χ4v) is 3.60. The molecule has 7 nitrogen and oxygen atoms in total. The fraction of sp³-hybridized carbons (Fsp3) is 0.154. The Balaban J connectivity index is 0.000000309. The van der Waals surface area contributed by atoms with E-state index in [-0.39, 0.29) is 14.5 Å². The maximum atomic E-state index is 8.49. The zero-order valence-corrected chi connectivity index (χ0v) is 14.2. The number of nitrogens with zero attached hydrogens (tertiary/aromatic N) is 3. The number of rotatable bonds is 1. The Morgan fingerprint density at radius 1 is 1.05 bits per heavy atom. The molecule has 0 aliphatic heterocycles. The van der Waals surface area contributed by atoms with E-state index in [9.17, 15) is 0 Å². The first-order chi connectivity index (χ1) is 10.2. The topological polar surface area (TPSA) is 122 Å². The molecule has 3 rings (SSSR count). The molecule has 0 amide bonds. The van der Waals surface area contributed by atoms with Gasteiger partial charge in [0, 0.05) is 0 Å². The van der Waals surface area contributed by atoms with Crippen LogP contribution in [0.15, 0.2) is 36.5 Å². The van der Waals surface area contributed by atoms with Crippen LogP contribution in [0, 0.1) is 24.1 Å². The van der Waals surface area contributed by atoms with E-state index in [0.29, 0.717) is 0 Å². The van der Waals surface area contributed by atoms with Gasteiger partial charge in [-0.2, -0.15) is 0 Å². The summed E-state index contributed by atoms with van der Waals surface area (Å²) in [6.45, 7) is 4.12. The molecule has 0 bridgehead atoms. The summed E-state index contributed by atoms with van der Waals surface area (Å²) in [6.07, 6.45) is 2.06. The predicted molar refractivity (Wildman–Crippen MR) is 67.0 cm³/mol. The SMILES string of the molecule is Cc1c[n+]2nc(-c3ccccc3)[se]c2nc1C.[O-][Cl+3]([O-])([O-])[O-]. The molecular formula is C13H12ClN3O4Se. The van der Waals surface area contributed by atoms with Gasteiger partial charge in [0.15, 0.2) is 0 Å². The Morgan fingerprint density at radius 3 is 2.23 bits per heavy atom. The minimum atomic E-state index is -4.94. The van der Waals surface area contributed by atoms with Crippen LogP contribution in [0.5, 0.6) is 0 Å². The summed E-state index contributed by atoms with van der Waals surface area (Å²) >= 11 is 0.208. The quantitative estimate of drug-likeness (QED) is 0.320. The number of benzene rings is 1. The Labute approximate surface area is 134 Å². The van der Waals surface area contributed by atoms with Gasteiger partial charge in [0.25, 0.3) is 0 Å². The van der Waals surface area contributed by atoms with Crippen molar-refractivity contribution < 1.29 is 33.4 Å². The predicted octanol–water partition coefficient (Wildman–Crippen LogP) is -3.20. The molecule has 0 radical (unpaired) electrons. The zero-order chi connectivity index (χ0) is 16.3. The number of aromatic nitrogens is 3. The summed E-state index contributed by atoms with van der Waals surface area (Å²) in [5.41, 5.74) is 3.48. The van der Waals surface area contributed by atoms with E-state index in [2.05, 4.69) is 35.3 Å². The van der Waals surface area contributed by atoms with Crippen molar-refractivity contribution in [3.05, 3.63) is 47.8 Å². The summed E-state index contributed by atoms with van der Waals surface area (Å²) in [5, 5.41) is 4.62. The molecule has 2 aromatic heterocycles. The maximum absolute atomic E-state index is 8.49. The fourth-order valence-electron chi connectivity index (χ4n) is 1.66. The third-order valence-corrected chi connectivity index (χ3v) is 4.79. The molecule has 3 aromatic rings. The van der Waals surface area contributed by atoms with Crippen LogP contribution in [0.2, 0.25) is 0 Å². The molecule has 2 heterocycles. The van der Waals surface area contributed by atoms with Crippen molar-refractivity contribution >= 4 is 19.0 Å². The standard InChI is InChI=1S/C13H12N3Se.ClHO4/c1-9-8-16-13(14-10(9)2)17-12(15-16)11-6-4-3-5-7-11;2-1(3,4)5/h3-8H,1-2H3;(H,2,3,4,5)/q+1;/p-1. The minimum Gasteiger partial charge on any atom is -0.222 e. The molecule has 9 heteroatoms. The molecule has 0 saturated carbocycles. The second-order valence-electron chi connectivity index (χ2n) is 4.39. The summed E-state index contributed by atoms with van der Waals surface area (Å²) in [6, 6.07) is 10.3. The van der Waals surface area contributed by atoms with Crippen molar-refractivity contribution in [2.75, 3.05) is 0 Å². The van der Waals surface area contributed by atoms with E-state index in [1.54, 1.807) is 0 Å². The van der Waals surface area contributed by atoms with Gasteiger partial charge in [-0.15, -0.1) is 10.2 Å². The molecule has 0 fully saturated rings. The molecule has 0 N–H and O–H groups in total. The molecule has 0 unspecified atom stereocenters. The van der Waals surface area contributed by atoms with Gasteiger partial charge in [0.2, 0.25) is 0 Å². The van der Waals surface area contributed by atoms with Crippen LogP contribution < -0.4 is 23.2 Å². The largest absolute Gasteiger partial charge is 0.222 e. The molecule has 0 atom stereocenters. The summed E-state index contributed by atoms with van der Waals surface area (Å²) in [7, 11) is -4.94. The zero-order valence-electron chi connectivity index (χ0n) is 11.7. The Kier molecular flexibility index (Phi) is 5.25. The van der Waals surface area contributed by atoms with Crippen molar-refractivity contribution in [2.45, 2.75) is 13.8 Å². The van der Waals surface area contributed by atoms with Gasteiger partial charge in [0.05, 0.1) is 0 Å². The van der Waals surface area contributed by atoms with E-state index in [4.69, 9.17) is 18.6 Å². The van der Waals surface area contributed by atoms with Gasteiger partial charge in [-0.05, 0) is 0 Å². The van der Waals surface area contributed by atoms with Crippen LogP contribution in [0.25, 0.3) is 14.7 Å². The number of aryl methyl sites for hydroxylation is 2. The monoisotopic (exact) mass is 389 g/mol. The van der Waals surface area contributed by atoms with Crippen LogP contribution in [-0.4, -0.2) is 24.6 Å². The van der Waals surface area contributed by atoms with Crippen molar-refractivity contribution in [1.82, 2.24) is 10.1 Å². The van der Waals surface area contributed by atoms with Gasteiger partial charge < -0.3 is 0 Å². The van der Waals surface area contributed by atoms with Crippen molar-refractivity contribution in [3.63, 3.8) is 0 Å². The van der Waals surface area contributed by atoms with Gasteiger partial charge in [-0.25, -0.2) is 18.6 Å². The Morgan fingerprint density at radius 2 is 1.64 bits per heavy atom. The minimum absolute atomic E-state index is 0.208. The third kappa shape index (κ3) is 4.82. The van der Waals surface area contributed by atoms with Gasteiger partial charge in [-0.1, -0.05) is 0 Å².